The number of nitrogens with zero attached hydrogens (tertiary/aromatic N) is 3. The molecule has 8 nitrogen and oxygen atoms in total. The van der Waals surface area contributed by atoms with Crippen LogP contribution in [0, 0.1) is 0 Å². The molecule has 0 saturated carbocycles. The SMILES string of the molecule is C=CCOc1ccc(C2C(C(=O)OCC)=C(C)N=c3s/c(=C\c4ccc(N5CCCCC5)o4)c(=O)n32)cc1. The van der Waals surface area contributed by atoms with Crippen LogP contribution in [-0.4, -0.2) is 36.8 Å². The summed E-state index contributed by atoms with van der Waals surface area (Å²) in [6, 6.07) is 10.5. The Hall–Kier alpha value is -3.85. The lowest BCUT2D eigenvalue weighted by molar-refractivity contribution is -0.139. The van der Waals surface area contributed by atoms with Crippen molar-refractivity contribution in [3.8, 4) is 5.75 Å². The summed E-state index contributed by atoms with van der Waals surface area (Å²) in [5.74, 6) is 1.61. The van der Waals surface area contributed by atoms with Crippen molar-refractivity contribution in [3.63, 3.8) is 0 Å². The lowest BCUT2D eigenvalue weighted by Crippen LogP contribution is -2.39. The van der Waals surface area contributed by atoms with Crippen molar-refractivity contribution in [1.29, 1.82) is 0 Å². The highest BCUT2D eigenvalue weighted by Gasteiger charge is 2.33. The number of rotatable bonds is 8. The Morgan fingerprint density at radius 1 is 1.18 bits per heavy atom. The molecule has 0 aliphatic carbocycles. The van der Waals surface area contributed by atoms with E-state index < -0.39 is 12.0 Å². The quantitative estimate of drug-likeness (QED) is 0.322. The summed E-state index contributed by atoms with van der Waals surface area (Å²) in [6.07, 6.45) is 6.97. The average Bonchev–Trinajstić information content (AvgIpc) is 3.52. The minimum absolute atomic E-state index is 0.221. The van der Waals surface area contributed by atoms with Gasteiger partial charge in [-0.15, -0.1) is 0 Å². The van der Waals surface area contributed by atoms with Crippen LogP contribution in [0.5, 0.6) is 5.75 Å². The van der Waals surface area contributed by atoms with Gasteiger partial charge in [0.2, 0.25) is 0 Å². The average molecular weight is 534 g/mol. The molecule has 2 aromatic heterocycles. The van der Waals surface area contributed by atoms with E-state index in [4.69, 9.17) is 13.9 Å². The van der Waals surface area contributed by atoms with Gasteiger partial charge in [-0.2, -0.15) is 0 Å². The first-order valence-corrected chi connectivity index (χ1v) is 13.7. The second kappa shape index (κ2) is 11.3. The second-order valence-corrected chi connectivity index (χ2v) is 10.2. The van der Waals surface area contributed by atoms with E-state index in [1.165, 1.54) is 17.8 Å². The van der Waals surface area contributed by atoms with E-state index in [9.17, 15) is 9.59 Å². The van der Waals surface area contributed by atoms with Crippen LogP contribution in [0.1, 0.15) is 50.5 Å². The van der Waals surface area contributed by atoms with Gasteiger partial charge in [-0.05, 0) is 56.9 Å². The first-order chi connectivity index (χ1) is 18.5. The molecule has 4 heterocycles. The zero-order valence-corrected chi connectivity index (χ0v) is 22.5. The lowest BCUT2D eigenvalue weighted by atomic mass is 9.96. The first kappa shape index (κ1) is 25.8. The summed E-state index contributed by atoms with van der Waals surface area (Å²) < 4.78 is 19.1. The number of esters is 1. The molecule has 0 N–H and O–H groups in total. The van der Waals surface area contributed by atoms with Gasteiger partial charge in [-0.1, -0.05) is 36.1 Å². The molecule has 2 aliphatic heterocycles. The third-order valence-corrected chi connectivity index (χ3v) is 7.62. The zero-order chi connectivity index (χ0) is 26.6. The van der Waals surface area contributed by atoms with Crippen LogP contribution in [-0.2, 0) is 9.53 Å². The Kier molecular flexibility index (Phi) is 7.64. The zero-order valence-electron chi connectivity index (χ0n) is 21.6. The number of ether oxygens (including phenoxy) is 2. The van der Waals surface area contributed by atoms with Gasteiger partial charge < -0.3 is 18.8 Å². The number of hydrogen-bond acceptors (Lipinski definition) is 8. The van der Waals surface area contributed by atoms with Gasteiger partial charge in [0.1, 0.15) is 18.1 Å². The molecule has 0 bridgehead atoms. The maximum absolute atomic E-state index is 13.8. The number of thiazole rings is 1. The van der Waals surface area contributed by atoms with E-state index in [-0.39, 0.29) is 12.2 Å². The number of carbonyl (C=O) groups excluding carboxylic acids is 1. The van der Waals surface area contributed by atoms with Gasteiger partial charge in [0.05, 0.1) is 28.5 Å². The number of allylic oxidation sites excluding steroid dienone is 1. The lowest BCUT2D eigenvalue weighted by Gasteiger charge is -2.25. The van der Waals surface area contributed by atoms with Crippen LogP contribution in [0.3, 0.4) is 0 Å². The topological polar surface area (TPSA) is 86.3 Å². The predicted molar refractivity (Wildman–Crippen MR) is 147 cm³/mol. The van der Waals surface area contributed by atoms with Crippen molar-refractivity contribution >= 4 is 29.3 Å². The van der Waals surface area contributed by atoms with E-state index in [0.717, 1.165) is 37.4 Å². The molecule has 2 aliphatic rings. The molecule has 0 radical (unpaired) electrons. The molecule has 9 heteroatoms. The van der Waals surface area contributed by atoms with Gasteiger partial charge >= 0.3 is 5.97 Å². The number of piperidine rings is 1. The highest BCUT2D eigenvalue weighted by molar-refractivity contribution is 7.07. The maximum atomic E-state index is 13.8. The predicted octanol–water partition coefficient (Wildman–Crippen LogP) is 3.95. The first-order valence-electron chi connectivity index (χ1n) is 12.9. The molecule has 1 fully saturated rings. The second-order valence-electron chi connectivity index (χ2n) is 9.19. The number of hydrogen-bond donors (Lipinski definition) is 0. The van der Waals surface area contributed by atoms with Crippen molar-refractivity contribution in [2.24, 2.45) is 4.99 Å². The van der Waals surface area contributed by atoms with E-state index in [0.29, 0.717) is 38.7 Å². The van der Waals surface area contributed by atoms with Crippen LogP contribution in [0.4, 0.5) is 5.88 Å². The number of aromatic nitrogens is 1. The Balaban J connectivity index is 1.57. The summed E-state index contributed by atoms with van der Waals surface area (Å²) in [4.78, 5) is 34.2. The van der Waals surface area contributed by atoms with Crippen LogP contribution < -0.4 is 24.5 Å². The smallest absolute Gasteiger partial charge is 0.338 e. The molecular formula is C29H31N3O5S. The van der Waals surface area contributed by atoms with Crippen LogP contribution >= 0.6 is 11.3 Å². The summed E-state index contributed by atoms with van der Waals surface area (Å²) in [5.41, 5.74) is 1.39. The molecule has 198 valence electrons. The molecular weight excluding hydrogens is 502 g/mol. The molecule has 1 atom stereocenters. The Morgan fingerprint density at radius 3 is 2.66 bits per heavy atom. The fourth-order valence-corrected chi connectivity index (χ4v) is 5.87. The Morgan fingerprint density at radius 2 is 1.95 bits per heavy atom. The van der Waals surface area contributed by atoms with Gasteiger partial charge in [0, 0.05) is 25.2 Å². The maximum Gasteiger partial charge on any atom is 0.338 e. The normalized spacial score (nSPS) is 17.7. The summed E-state index contributed by atoms with van der Waals surface area (Å²) in [5, 5.41) is 0. The van der Waals surface area contributed by atoms with Crippen LogP contribution in [0.2, 0.25) is 0 Å². The number of fused-ring (bicyclic) bond motifs is 1. The molecule has 3 aromatic rings. The monoisotopic (exact) mass is 533 g/mol. The fraction of sp³-hybridized carbons (Fsp3) is 0.345. The highest BCUT2D eigenvalue weighted by atomic mass is 32.1. The molecule has 5 rings (SSSR count). The van der Waals surface area contributed by atoms with Gasteiger partial charge in [-0.25, -0.2) is 9.79 Å². The molecule has 38 heavy (non-hydrogen) atoms. The largest absolute Gasteiger partial charge is 0.490 e. The van der Waals surface area contributed by atoms with Crippen molar-refractivity contribution in [3.05, 3.63) is 91.3 Å². The standard InChI is InChI=1S/C29H31N3O5S/c1-4-17-36-21-11-9-20(10-12-21)26-25(28(34)35-5-2)19(3)30-29-32(26)27(33)23(38-29)18-22-13-14-24(37-22)31-15-7-6-8-16-31/h4,9-14,18,26H,1,5-8,15-17H2,2-3H3/b23-18-. The van der Waals surface area contributed by atoms with Gasteiger partial charge in [-0.3, -0.25) is 9.36 Å². The van der Waals surface area contributed by atoms with Crippen LogP contribution in [0.25, 0.3) is 6.08 Å². The highest BCUT2D eigenvalue weighted by Crippen LogP contribution is 2.31. The fourth-order valence-electron chi connectivity index (χ4n) is 4.84. The Labute approximate surface area is 224 Å². The third-order valence-electron chi connectivity index (χ3n) is 6.63. The minimum atomic E-state index is -0.679. The van der Waals surface area contributed by atoms with E-state index in [2.05, 4.69) is 16.5 Å². The number of carbonyl (C=O) groups is 1. The minimum Gasteiger partial charge on any atom is -0.490 e. The summed E-state index contributed by atoms with van der Waals surface area (Å²) in [7, 11) is 0. The molecule has 0 spiro atoms. The third kappa shape index (κ3) is 5.11. The van der Waals surface area contributed by atoms with Crippen molar-refractivity contribution in [2.45, 2.75) is 39.2 Å². The van der Waals surface area contributed by atoms with E-state index in [1.54, 1.807) is 30.6 Å². The summed E-state index contributed by atoms with van der Waals surface area (Å²) in [6.45, 7) is 9.75. The Bertz CT molecular complexity index is 1540. The number of benzene rings is 1. The van der Waals surface area contributed by atoms with E-state index in [1.807, 2.05) is 36.4 Å². The summed E-state index contributed by atoms with van der Waals surface area (Å²) >= 11 is 1.28. The van der Waals surface area contributed by atoms with E-state index >= 15 is 0 Å². The van der Waals surface area contributed by atoms with Crippen molar-refractivity contribution in [1.82, 2.24) is 4.57 Å². The number of anilines is 1. The van der Waals surface area contributed by atoms with Crippen molar-refractivity contribution < 1.29 is 18.7 Å². The van der Waals surface area contributed by atoms with Crippen LogP contribution in [0.15, 0.2) is 74.5 Å². The van der Waals surface area contributed by atoms with Gasteiger partial charge in [0.25, 0.3) is 5.56 Å². The van der Waals surface area contributed by atoms with Crippen molar-refractivity contribution in [2.75, 3.05) is 31.2 Å². The molecule has 0 amide bonds. The molecule has 1 aromatic carbocycles. The molecule has 1 saturated heterocycles. The number of furan rings is 1. The van der Waals surface area contributed by atoms with Gasteiger partial charge in [0.15, 0.2) is 10.7 Å². The molecule has 1 unspecified atom stereocenters.